The van der Waals surface area contributed by atoms with Crippen LogP contribution in [0.2, 0.25) is 0 Å². The maximum absolute atomic E-state index is 12.6. The van der Waals surface area contributed by atoms with Crippen molar-refractivity contribution in [3.05, 3.63) is 46.2 Å². The molecule has 11 nitrogen and oxygen atoms in total. The number of methoxy groups -OCH3 is 2. The number of aromatic nitrogens is 3. The highest BCUT2D eigenvalue weighted by Crippen LogP contribution is 2.43. The largest absolute Gasteiger partial charge is 0.496 e. The van der Waals surface area contributed by atoms with Crippen molar-refractivity contribution >= 4 is 60.4 Å². The van der Waals surface area contributed by atoms with Crippen LogP contribution < -0.4 is 9.47 Å². The van der Waals surface area contributed by atoms with E-state index in [-0.39, 0.29) is 37.2 Å². The number of aliphatic hydroxyl groups is 2. The van der Waals surface area contributed by atoms with Gasteiger partial charge in [0.15, 0.2) is 17.9 Å². The molecule has 0 saturated carbocycles. The van der Waals surface area contributed by atoms with Crippen molar-refractivity contribution < 1.29 is 39.2 Å². The zero-order valence-electron chi connectivity index (χ0n) is 22.0. The number of rotatable bonds is 12. The van der Waals surface area contributed by atoms with Gasteiger partial charge in [-0.15, -0.1) is 27.8 Å². The number of ether oxygens (including phenoxy) is 2. The third-order valence-corrected chi connectivity index (χ3v) is 8.77. The molecule has 0 unspecified atom stereocenters. The predicted octanol–water partition coefficient (Wildman–Crippen LogP) is 4.91. The van der Waals surface area contributed by atoms with Gasteiger partial charge >= 0.3 is 5.97 Å². The Balaban J connectivity index is 1.55. The van der Waals surface area contributed by atoms with Crippen molar-refractivity contribution in [1.29, 1.82) is 0 Å². The summed E-state index contributed by atoms with van der Waals surface area (Å²) >= 11 is 2.56. The van der Waals surface area contributed by atoms with Crippen molar-refractivity contribution in [3.63, 3.8) is 0 Å². The molecular weight excluding hydrogens is 570 g/mol. The number of aromatic amines is 1. The number of carboxylic acids is 1. The first-order chi connectivity index (χ1) is 19.7. The van der Waals surface area contributed by atoms with Crippen LogP contribution in [0.3, 0.4) is 0 Å². The normalized spacial score (nSPS) is 11.4. The van der Waals surface area contributed by atoms with Crippen molar-refractivity contribution in [3.8, 4) is 34.0 Å². The Labute approximate surface area is 241 Å². The van der Waals surface area contributed by atoms with Crippen LogP contribution in [-0.2, 0) is 4.79 Å². The van der Waals surface area contributed by atoms with Crippen LogP contribution in [0.1, 0.15) is 45.0 Å². The number of carbonyl (C=O) groups is 3. The summed E-state index contributed by atoms with van der Waals surface area (Å²) in [5, 5.41) is 40.1. The molecule has 5 rings (SSSR count). The summed E-state index contributed by atoms with van der Waals surface area (Å²) in [6, 6.07) is 10.8. The van der Waals surface area contributed by atoms with E-state index in [1.165, 1.54) is 36.9 Å². The smallest absolute Gasteiger partial charge is 0.303 e. The number of ketones is 2. The number of fused-ring (bicyclic) bond motifs is 2. The van der Waals surface area contributed by atoms with Gasteiger partial charge in [-0.05, 0) is 47.2 Å². The molecule has 3 heterocycles. The second-order valence-electron chi connectivity index (χ2n) is 9.20. The lowest BCUT2D eigenvalue weighted by Gasteiger charge is -2.11. The molecule has 212 valence electrons. The topological polar surface area (TPSA) is 172 Å². The van der Waals surface area contributed by atoms with E-state index in [4.69, 9.17) is 24.8 Å². The Hall–Kier alpha value is -4.17. The number of hydrogen-bond donors (Lipinski definition) is 4. The minimum absolute atomic E-state index is 0.0148. The summed E-state index contributed by atoms with van der Waals surface area (Å²) < 4.78 is 13.0. The van der Waals surface area contributed by atoms with E-state index in [0.717, 1.165) is 20.2 Å². The first-order valence-corrected chi connectivity index (χ1v) is 14.1. The average Bonchev–Trinajstić information content (AvgIpc) is 3.70. The predicted molar refractivity (Wildman–Crippen MR) is 154 cm³/mol. The van der Waals surface area contributed by atoms with Crippen molar-refractivity contribution in [2.45, 2.75) is 32.0 Å². The number of thiophene rings is 2. The highest BCUT2D eigenvalue weighted by molar-refractivity contribution is 7.21. The van der Waals surface area contributed by atoms with Gasteiger partial charge < -0.3 is 24.8 Å². The highest BCUT2D eigenvalue weighted by atomic mass is 32.1. The fourth-order valence-corrected chi connectivity index (χ4v) is 6.56. The average molecular weight is 596 g/mol. The number of hydrogen-bond acceptors (Lipinski definition) is 11. The summed E-state index contributed by atoms with van der Waals surface area (Å²) in [6.45, 7) is 0. The van der Waals surface area contributed by atoms with Gasteiger partial charge in [0, 0.05) is 39.8 Å². The maximum Gasteiger partial charge on any atom is 0.303 e. The molecule has 0 bridgehead atoms. The number of nitrogens with one attached hydrogen (secondary N) is 1. The van der Waals surface area contributed by atoms with Crippen molar-refractivity contribution in [2.24, 2.45) is 0 Å². The summed E-state index contributed by atoms with van der Waals surface area (Å²) in [5.41, 5.74) is 2.32. The van der Waals surface area contributed by atoms with Crippen molar-refractivity contribution in [2.75, 3.05) is 14.2 Å². The first-order valence-electron chi connectivity index (χ1n) is 12.5. The van der Waals surface area contributed by atoms with Crippen molar-refractivity contribution in [1.82, 2.24) is 15.4 Å². The van der Waals surface area contributed by atoms with Gasteiger partial charge in [0.05, 0.1) is 36.1 Å². The van der Waals surface area contributed by atoms with E-state index >= 15 is 0 Å². The maximum atomic E-state index is 12.6. The Kier molecular flexibility index (Phi) is 8.13. The number of H-pyrrole nitrogens is 1. The number of carbonyl (C=O) groups excluding carboxylic acids is 2. The fourth-order valence-electron chi connectivity index (χ4n) is 4.46. The Morgan fingerprint density at radius 2 is 1.39 bits per heavy atom. The van der Waals surface area contributed by atoms with Crippen LogP contribution in [0.5, 0.6) is 11.5 Å². The minimum Gasteiger partial charge on any atom is -0.496 e. The van der Waals surface area contributed by atoms with Gasteiger partial charge in [0.25, 0.3) is 0 Å². The summed E-state index contributed by atoms with van der Waals surface area (Å²) in [6.07, 6.45) is -1.88. The molecule has 4 N–H and O–H groups in total. The van der Waals surface area contributed by atoms with E-state index in [1.54, 1.807) is 18.2 Å². The lowest BCUT2D eigenvalue weighted by Crippen LogP contribution is -2.07. The van der Waals surface area contributed by atoms with Crippen LogP contribution in [0, 0.1) is 0 Å². The molecule has 5 aromatic rings. The number of benzene rings is 2. The number of carboxylic acid groups (broad SMARTS) is 1. The Bertz CT molecular complexity index is 1790. The third-order valence-electron chi connectivity index (χ3n) is 6.50. The zero-order chi connectivity index (χ0) is 29.3. The number of aliphatic carboxylic acids is 1. The van der Waals surface area contributed by atoms with E-state index in [9.17, 15) is 14.4 Å². The lowest BCUT2D eigenvalue weighted by atomic mass is 10.0. The van der Waals surface area contributed by atoms with E-state index in [1.807, 2.05) is 18.2 Å². The molecule has 2 aromatic carbocycles. The molecule has 0 aliphatic rings. The number of aliphatic hydroxyl groups excluding tert-OH is 1. The fraction of sp³-hybridized carbons (Fsp3) is 0.250. The molecule has 0 spiro atoms. The summed E-state index contributed by atoms with van der Waals surface area (Å²) in [4.78, 5) is 37.0. The van der Waals surface area contributed by atoms with Gasteiger partial charge in [-0.3, -0.25) is 19.5 Å². The van der Waals surface area contributed by atoms with Crippen LogP contribution in [0.4, 0.5) is 0 Å². The SMILES string of the molecule is COc1cc2cc(C(=O)CCC(=O)O)sc2cc1-c1nn[nH]c1-c1cc2sc(C(=O)CCC(O)O)cc2cc1OC. The van der Waals surface area contributed by atoms with Crippen LogP contribution in [0.25, 0.3) is 42.7 Å². The molecule has 13 heteroatoms. The lowest BCUT2D eigenvalue weighted by molar-refractivity contribution is -0.136. The molecule has 3 aromatic heterocycles. The monoisotopic (exact) mass is 595 g/mol. The standard InChI is InChI=1S/C28H25N3O8S2/c1-38-19-7-13-9-23(17(32)3-5-25(34)35)40-21(13)11-15(19)27-28(30-31-29-27)16-12-22-14(8-20(16)39-2)10-24(41-22)18(33)4-6-26(36)37/h7-12,25,34-35H,3-6H2,1-2H3,(H,36,37)(H,29,30,31). The van der Waals surface area contributed by atoms with E-state index in [0.29, 0.717) is 43.8 Å². The second kappa shape index (κ2) is 11.7. The molecule has 41 heavy (non-hydrogen) atoms. The van der Waals surface area contributed by atoms with Crippen LogP contribution >= 0.6 is 22.7 Å². The molecular formula is C28H25N3O8S2. The van der Waals surface area contributed by atoms with Gasteiger partial charge in [0.1, 0.15) is 17.2 Å². The Morgan fingerprint density at radius 3 is 1.95 bits per heavy atom. The van der Waals surface area contributed by atoms with Gasteiger partial charge in [-0.25, -0.2) is 0 Å². The van der Waals surface area contributed by atoms with Gasteiger partial charge in [0.2, 0.25) is 0 Å². The number of Topliss-reactive ketones (excluding diaryl/α,β-unsaturated/α-hetero) is 2. The van der Waals surface area contributed by atoms with Gasteiger partial charge in [-0.1, -0.05) is 5.21 Å². The molecule has 0 aliphatic heterocycles. The molecule has 0 fully saturated rings. The molecule has 0 atom stereocenters. The van der Waals surface area contributed by atoms with E-state index < -0.39 is 12.3 Å². The number of nitrogens with zero attached hydrogens (tertiary/aromatic N) is 2. The molecule has 0 aliphatic carbocycles. The van der Waals surface area contributed by atoms with Crippen LogP contribution in [0.15, 0.2) is 36.4 Å². The molecule has 0 amide bonds. The van der Waals surface area contributed by atoms with Crippen LogP contribution in [-0.4, -0.2) is 68.8 Å². The summed E-state index contributed by atoms with van der Waals surface area (Å²) in [7, 11) is 3.07. The highest BCUT2D eigenvalue weighted by Gasteiger charge is 2.23. The Morgan fingerprint density at radius 1 is 0.829 bits per heavy atom. The molecule has 0 radical (unpaired) electrons. The minimum atomic E-state index is -1.54. The first kappa shape index (κ1) is 28.4. The van der Waals surface area contributed by atoms with E-state index in [2.05, 4.69) is 15.4 Å². The third kappa shape index (κ3) is 5.84. The second-order valence-corrected chi connectivity index (χ2v) is 11.4. The summed E-state index contributed by atoms with van der Waals surface area (Å²) in [5.74, 6) is -0.420. The molecule has 0 saturated heterocycles. The quantitative estimate of drug-likeness (QED) is 0.115. The van der Waals surface area contributed by atoms with Gasteiger partial charge in [-0.2, -0.15) is 0 Å². The zero-order valence-corrected chi connectivity index (χ0v) is 23.6.